The molecule has 2 aromatic carbocycles. The zero-order valence-corrected chi connectivity index (χ0v) is 12.1. The van der Waals surface area contributed by atoms with Gasteiger partial charge in [0.1, 0.15) is 23.4 Å². The molecule has 0 saturated heterocycles. The van der Waals surface area contributed by atoms with E-state index in [4.69, 9.17) is 21.1 Å². The molecule has 0 fully saturated rings. The molecule has 1 N–H and O–H groups in total. The minimum absolute atomic E-state index is 0.250. The normalized spacial score (nSPS) is 20.6. The van der Waals surface area contributed by atoms with Gasteiger partial charge in [-0.3, -0.25) is 0 Å². The largest absolute Gasteiger partial charge is 0.497 e. The molecule has 2 atom stereocenters. The summed E-state index contributed by atoms with van der Waals surface area (Å²) in [5.74, 6) is 0.657. The molecule has 110 valence electrons. The van der Waals surface area contributed by atoms with E-state index in [2.05, 4.69) is 0 Å². The fraction of sp³-hybridized carbons (Fsp3) is 0.250. The van der Waals surface area contributed by atoms with Crippen LogP contribution in [0.3, 0.4) is 0 Å². The third-order valence-electron chi connectivity index (χ3n) is 3.61. The molecule has 0 aromatic heterocycles. The van der Waals surface area contributed by atoms with Gasteiger partial charge in [-0.05, 0) is 24.3 Å². The van der Waals surface area contributed by atoms with E-state index in [-0.39, 0.29) is 12.0 Å². The summed E-state index contributed by atoms with van der Waals surface area (Å²) in [6.45, 7) is 0. The Hall–Kier alpha value is -1.78. The summed E-state index contributed by atoms with van der Waals surface area (Å²) in [5.41, 5.74) is 0.936. The molecule has 3 rings (SSSR count). The second-order valence-electron chi connectivity index (χ2n) is 4.90. The molecule has 0 aliphatic carbocycles. The predicted octanol–water partition coefficient (Wildman–Crippen LogP) is 4.04. The molecule has 0 bridgehead atoms. The van der Waals surface area contributed by atoms with Gasteiger partial charge in [-0.15, -0.1) is 0 Å². The number of halogens is 2. The van der Waals surface area contributed by atoms with Gasteiger partial charge in [0, 0.05) is 23.6 Å². The van der Waals surface area contributed by atoms with Crippen molar-refractivity contribution in [2.24, 2.45) is 0 Å². The van der Waals surface area contributed by atoms with Gasteiger partial charge in [0.2, 0.25) is 0 Å². The zero-order chi connectivity index (χ0) is 15.0. The lowest BCUT2D eigenvalue weighted by molar-refractivity contribution is 0.0638. The topological polar surface area (TPSA) is 38.7 Å². The van der Waals surface area contributed by atoms with Crippen molar-refractivity contribution in [2.75, 3.05) is 7.11 Å². The molecule has 2 unspecified atom stereocenters. The van der Waals surface area contributed by atoms with Crippen LogP contribution in [0.4, 0.5) is 4.39 Å². The average Bonchev–Trinajstić information content (AvgIpc) is 2.46. The SMILES string of the molecule is COc1ccc2c(c1)OC(c1c(F)cccc1Cl)CC2O. The molecule has 0 saturated carbocycles. The Bertz CT molecular complexity index is 654. The van der Waals surface area contributed by atoms with Crippen LogP contribution in [0.15, 0.2) is 36.4 Å². The van der Waals surface area contributed by atoms with Crippen molar-refractivity contribution in [1.29, 1.82) is 0 Å². The average molecular weight is 309 g/mol. The van der Waals surface area contributed by atoms with Crippen LogP contribution in [0.25, 0.3) is 0 Å². The van der Waals surface area contributed by atoms with Gasteiger partial charge in [0.05, 0.1) is 18.2 Å². The van der Waals surface area contributed by atoms with E-state index in [9.17, 15) is 9.50 Å². The third kappa shape index (κ3) is 2.57. The Morgan fingerprint density at radius 1 is 1.33 bits per heavy atom. The summed E-state index contributed by atoms with van der Waals surface area (Å²) in [7, 11) is 1.55. The smallest absolute Gasteiger partial charge is 0.131 e. The summed E-state index contributed by atoms with van der Waals surface area (Å²) >= 11 is 6.07. The van der Waals surface area contributed by atoms with Crippen LogP contribution in [-0.2, 0) is 0 Å². The van der Waals surface area contributed by atoms with Gasteiger partial charge < -0.3 is 14.6 Å². The molecule has 5 heteroatoms. The first-order valence-electron chi connectivity index (χ1n) is 6.56. The molecule has 3 nitrogen and oxygen atoms in total. The van der Waals surface area contributed by atoms with Gasteiger partial charge in [0.25, 0.3) is 0 Å². The van der Waals surface area contributed by atoms with Crippen LogP contribution in [0.2, 0.25) is 5.02 Å². The molecule has 2 aromatic rings. The van der Waals surface area contributed by atoms with Crippen LogP contribution < -0.4 is 9.47 Å². The Labute approximate surface area is 126 Å². The Balaban J connectivity index is 2.01. The number of ether oxygens (including phenoxy) is 2. The van der Waals surface area contributed by atoms with Crippen molar-refractivity contribution < 1.29 is 19.0 Å². The zero-order valence-electron chi connectivity index (χ0n) is 11.3. The second-order valence-corrected chi connectivity index (χ2v) is 5.30. The van der Waals surface area contributed by atoms with E-state index in [0.717, 1.165) is 0 Å². The lowest BCUT2D eigenvalue weighted by Gasteiger charge is -2.30. The van der Waals surface area contributed by atoms with Gasteiger partial charge in [-0.25, -0.2) is 4.39 Å². The van der Waals surface area contributed by atoms with E-state index < -0.39 is 18.0 Å². The first-order valence-corrected chi connectivity index (χ1v) is 6.94. The number of hydrogen-bond donors (Lipinski definition) is 1. The molecular weight excluding hydrogens is 295 g/mol. The quantitative estimate of drug-likeness (QED) is 0.910. The maximum Gasteiger partial charge on any atom is 0.131 e. The van der Waals surface area contributed by atoms with E-state index in [1.165, 1.54) is 12.1 Å². The summed E-state index contributed by atoms with van der Waals surface area (Å²) < 4.78 is 25.0. The van der Waals surface area contributed by atoms with Gasteiger partial charge >= 0.3 is 0 Å². The predicted molar refractivity (Wildman–Crippen MR) is 77.3 cm³/mol. The number of methoxy groups -OCH3 is 1. The fourth-order valence-electron chi connectivity index (χ4n) is 2.55. The van der Waals surface area contributed by atoms with E-state index in [0.29, 0.717) is 22.1 Å². The minimum Gasteiger partial charge on any atom is -0.497 e. The molecule has 0 radical (unpaired) electrons. The summed E-state index contributed by atoms with van der Waals surface area (Å²) in [5, 5.41) is 10.5. The molecular formula is C16H14ClFO3. The van der Waals surface area contributed by atoms with Crippen LogP contribution in [-0.4, -0.2) is 12.2 Å². The lowest BCUT2D eigenvalue weighted by Crippen LogP contribution is -2.20. The van der Waals surface area contributed by atoms with E-state index >= 15 is 0 Å². The fourth-order valence-corrected chi connectivity index (χ4v) is 2.83. The van der Waals surface area contributed by atoms with Gasteiger partial charge in [-0.1, -0.05) is 17.7 Å². The summed E-state index contributed by atoms with van der Waals surface area (Å²) in [4.78, 5) is 0. The van der Waals surface area contributed by atoms with Crippen LogP contribution >= 0.6 is 11.6 Å². The number of benzene rings is 2. The highest BCUT2D eigenvalue weighted by Gasteiger charge is 2.31. The molecule has 0 spiro atoms. The maximum atomic E-state index is 14.0. The molecule has 1 aliphatic rings. The number of aliphatic hydroxyl groups is 1. The highest BCUT2D eigenvalue weighted by Crippen LogP contribution is 2.44. The summed E-state index contributed by atoms with van der Waals surface area (Å²) in [6, 6.07) is 9.66. The maximum absolute atomic E-state index is 14.0. The number of hydrogen-bond acceptors (Lipinski definition) is 3. The molecule has 0 amide bonds. The number of fused-ring (bicyclic) bond motifs is 1. The van der Waals surface area contributed by atoms with E-state index in [1.54, 1.807) is 31.4 Å². The van der Waals surface area contributed by atoms with Crippen molar-refractivity contribution in [3.63, 3.8) is 0 Å². The second kappa shape index (κ2) is 5.54. The van der Waals surface area contributed by atoms with Crippen LogP contribution in [0.1, 0.15) is 29.8 Å². The van der Waals surface area contributed by atoms with Gasteiger partial charge in [0.15, 0.2) is 0 Å². The molecule has 1 heterocycles. The Morgan fingerprint density at radius 2 is 2.14 bits per heavy atom. The van der Waals surface area contributed by atoms with Crippen molar-refractivity contribution in [1.82, 2.24) is 0 Å². The van der Waals surface area contributed by atoms with Crippen molar-refractivity contribution in [3.05, 3.63) is 58.4 Å². The Morgan fingerprint density at radius 3 is 2.86 bits per heavy atom. The Kier molecular flexibility index (Phi) is 3.74. The highest BCUT2D eigenvalue weighted by atomic mass is 35.5. The highest BCUT2D eigenvalue weighted by molar-refractivity contribution is 6.31. The first kappa shape index (κ1) is 14.2. The lowest BCUT2D eigenvalue weighted by atomic mass is 9.94. The number of aliphatic hydroxyl groups excluding tert-OH is 1. The molecule has 1 aliphatic heterocycles. The monoisotopic (exact) mass is 308 g/mol. The van der Waals surface area contributed by atoms with Crippen molar-refractivity contribution >= 4 is 11.6 Å². The minimum atomic E-state index is -0.736. The van der Waals surface area contributed by atoms with Crippen molar-refractivity contribution in [3.8, 4) is 11.5 Å². The first-order chi connectivity index (χ1) is 10.1. The summed E-state index contributed by atoms with van der Waals surface area (Å²) in [6.07, 6.45) is -1.12. The third-order valence-corrected chi connectivity index (χ3v) is 3.94. The standard InChI is InChI=1S/C16H14ClFO3/c1-20-9-5-6-10-13(19)8-15(21-14(10)7-9)16-11(17)3-2-4-12(16)18/h2-7,13,15,19H,8H2,1H3. The van der Waals surface area contributed by atoms with Crippen LogP contribution in [0.5, 0.6) is 11.5 Å². The van der Waals surface area contributed by atoms with Crippen LogP contribution in [0, 0.1) is 5.82 Å². The van der Waals surface area contributed by atoms with Crippen molar-refractivity contribution in [2.45, 2.75) is 18.6 Å². The van der Waals surface area contributed by atoms with Gasteiger partial charge in [-0.2, -0.15) is 0 Å². The number of rotatable bonds is 2. The van der Waals surface area contributed by atoms with E-state index in [1.807, 2.05) is 0 Å². The molecule has 21 heavy (non-hydrogen) atoms.